The first kappa shape index (κ1) is 13.9. The van der Waals surface area contributed by atoms with E-state index in [-0.39, 0.29) is 12.4 Å². The Morgan fingerprint density at radius 2 is 2.28 bits per heavy atom. The Labute approximate surface area is 119 Å². The summed E-state index contributed by atoms with van der Waals surface area (Å²) in [5.74, 6) is 0.0830. The molecule has 4 atom stereocenters. The van der Waals surface area contributed by atoms with Crippen LogP contribution in [0.15, 0.2) is 15.5 Å². The lowest BCUT2D eigenvalue weighted by molar-refractivity contribution is -0.0456. The molecular weight excluding hydrogens is 374 g/mol. The van der Waals surface area contributed by atoms with E-state index in [1.165, 1.54) is 10.8 Å². The Kier molecular flexibility index (Phi) is 4.07. The fraction of sp³-hybridized carbons (Fsp3) is 0.556. The highest BCUT2D eigenvalue weighted by molar-refractivity contribution is 9.10. The summed E-state index contributed by atoms with van der Waals surface area (Å²) >= 11 is 6.41. The summed E-state index contributed by atoms with van der Waals surface area (Å²) in [7, 11) is 0. The van der Waals surface area contributed by atoms with Gasteiger partial charge in [-0.2, -0.15) is 4.98 Å². The number of aromatic nitrogens is 2. The molecule has 4 unspecified atom stereocenters. The van der Waals surface area contributed by atoms with Gasteiger partial charge in [-0.3, -0.25) is 4.57 Å². The van der Waals surface area contributed by atoms with Crippen LogP contribution in [0.4, 0.5) is 5.82 Å². The molecule has 9 heteroatoms. The second kappa shape index (κ2) is 5.25. The predicted molar refractivity (Wildman–Crippen MR) is 70.3 cm³/mol. The predicted octanol–water partition coefficient (Wildman–Crippen LogP) is -0.398. The number of aliphatic hydroxyl groups is 2. The number of nitrogens with zero attached hydrogens (tertiary/aromatic N) is 2. The summed E-state index contributed by atoms with van der Waals surface area (Å²) in [5, 5.41) is 18.8. The van der Waals surface area contributed by atoms with Crippen LogP contribution in [0, 0.1) is 0 Å². The molecular formula is C9H11Br2N3O4. The number of hydrogen-bond donors (Lipinski definition) is 3. The Morgan fingerprint density at radius 3 is 2.83 bits per heavy atom. The van der Waals surface area contributed by atoms with Crippen molar-refractivity contribution in [2.24, 2.45) is 0 Å². The van der Waals surface area contributed by atoms with E-state index in [1.807, 2.05) is 0 Å². The number of aliphatic hydroxyl groups excluding tert-OH is 2. The van der Waals surface area contributed by atoms with E-state index >= 15 is 0 Å². The summed E-state index contributed by atoms with van der Waals surface area (Å²) in [5.41, 5.74) is 4.90. The largest absolute Gasteiger partial charge is 0.394 e. The van der Waals surface area contributed by atoms with Crippen molar-refractivity contribution in [2.45, 2.75) is 23.3 Å². The average Bonchev–Trinajstić information content (AvgIpc) is 2.61. The monoisotopic (exact) mass is 383 g/mol. The van der Waals surface area contributed by atoms with Crippen LogP contribution < -0.4 is 11.4 Å². The molecule has 1 aromatic rings. The average molecular weight is 385 g/mol. The third kappa shape index (κ3) is 2.32. The van der Waals surface area contributed by atoms with Crippen LogP contribution in [0.25, 0.3) is 0 Å². The first-order chi connectivity index (χ1) is 8.45. The minimum Gasteiger partial charge on any atom is -0.394 e. The molecule has 4 N–H and O–H groups in total. The number of ether oxygens (including phenoxy) is 1. The van der Waals surface area contributed by atoms with Crippen LogP contribution in [-0.2, 0) is 4.74 Å². The maximum Gasteiger partial charge on any atom is 0.351 e. The molecule has 0 radical (unpaired) electrons. The van der Waals surface area contributed by atoms with E-state index in [9.17, 15) is 9.90 Å². The van der Waals surface area contributed by atoms with Crippen LogP contribution in [0.1, 0.15) is 6.23 Å². The Hall–Kier alpha value is -0.480. The van der Waals surface area contributed by atoms with E-state index in [4.69, 9.17) is 15.6 Å². The fourth-order valence-electron chi connectivity index (χ4n) is 1.72. The Morgan fingerprint density at radius 1 is 1.61 bits per heavy atom. The molecule has 1 aliphatic heterocycles. The lowest BCUT2D eigenvalue weighted by Gasteiger charge is -2.17. The van der Waals surface area contributed by atoms with Crippen molar-refractivity contribution >= 4 is 37.7 Å². The number of halogens is 2. The van der Waals surface area contributed by atoms with Crippen LogP contribution in [0.3, 0.4) is 0 Å². The van der Waals surface area contributed by atoms with E-state index in [1.54, 1.807) is 0 Å². The van der Waals surface area contributed by atoms with E-state index < -0.39 is 29.0 Å². The van der Waals surface area contributed by atoms with Crippen LogP contribution >= 0.6 is 31.9 Å². The number of nitrogen functional groups attached to an aromatic ring is 1. The molecule has 0 spiro atoms. The van der Waals surface area contributed by atoms with Gasteiger partial charge in [-0.1, -0.05) is 15.9 Å². The topological polar surface area (TPSA) is 111 Å². The molecule has 0 amide bonds. The van der Waals surface area contributed by atoms with Crippen LogP contribution in [0.2, 0.25) is 0 Å². The molecule has 0 aliphatic carbocycles. The number of rotatable bonds is 2. The molecule has 1 fully saturated rings. The third-order valence-corrected chi connectivity index (χ3v) is 4.29. The van der Waals surface area contributed by atoms with E-state index in [0.717, 1.165) is 0 Å². The van der Waals surface area contributed by atoms with Gasteiger partial charge in [0, 0.05) is 6.20 Å². The van der Waals surface area contributed by atoms with Gasteiger partial charge in [-0.25, -0.2) is 4.79 Å². The van der Waals surface area contributed by atoms with Gasteiger partial charge in [-0.05, 0) is 15.9 Å². The lowest BCUT2D eigenvalue weighted by Crippen LogP contribution is -2.32. The summed E-state index contributed by atoms with van der Waals surface area (Å²) < 4.78 is 7.07. The van der Waals surface area contributed by atoms with Crippen molar-refractivity contribution in [3.05, 3.63) is 21.2 Å². The second-order valence-corrected chi connectivity index (χ2v) is 5.76. The van der Waals surface area contributed by atoms with Gasteiger partial charge in [0.25, 0.3) is 0 Å². The molecule has 0 bridgehead atoms. The summed E-state index contributed by atoms with van der Waals surface area (Å²) in [4.78, 5) is 14.8. The first-order valence-corrected chi connectivity index (χ1v) is 6.79. The lowest BCUT2D eigenvalue weighted by atomic mass is 10.2. The summed E-state index contributed by atoms with van der Waals surface area (Å²) in [6.45, 7) is -0.335. The van der Waals surface area contributed by atoms with Gasteiger partial charge in [0.2, 0.25) is 0 Å². The van der Waals surface area contributed by atoms with Gasteiger partial charge < -0.3 is 20.7 Å². The molecule has 18 heavy (non-hydrogen) atoms. The fourth-order valence-corrected chi connectivity index (χ4v) is 2.75. The summed E-state index contributed by atoms with van der Waals surface area (Å²) in [6.07, 6.45) is -0.976. The number of nitrogens with two attached hydrogens (primary N) is 1. The molecule has 7 nitrogen and oxygen atoms in total. The minimum absolute atomic E-state index is 0.0830. The highest BCUT2D eigenvalue weighted by Crippen LogP contribution is 2.34. The molecule has 2 heterocycles. The zero-order valence-electron chi connectivity index (χ0n) is 9.03. The quantitative estimate of drug-likeness (QED) is 0.598. The molecule has 0 saturated carbocycles. The molecule has 1 aromatic heterocycles. The third-order valence-electron chi connectivity index (χ3n) is 2.68. The number of hydrogen-bond acceptors (Lipinski definition) is 6. The zero-order valence-corrected chi connectivity index (χ0v) is 12.2. The van der Waals surface area contributed by atoms with Crippen molar-refractivity contribution in [3.63, 3.8) is 0 Å². The maximum absolute atomic E-state index is 11.7. The van der Waals surface area contributed by atoms with Gasteiger partial charge >= 0.3 is 5.69 Å². The highest BCUT2D eigenvalue weighted by atomic mass is 79.9. The van der Waals surface area contributed by atoms with Crippen molar-refractivity contribution < 1.29 is 14.9 Å². The van der Waals surface area contributed by atoms with Crippen molar-refractivity contribution in [3.8, 4) is 0 Å². The van der Waals surface area contributed by atoms with Crippen LogP contribution in [0.5, 0.6) is 0 Å². The van der Waals surface area contributed by atoms with E-state index in [0.29, 0.717) is 4.47 Å². The van der Waals surface area contributed by atoms with Gasteiger partial charge in [0.05, 0.1) is 22.0 Å². The first-order valence-electron chi connectivity index (χ1n) is 5.08. The van der Waals surface area contributed by atoms with E-state index in [2.05, 4.69) is 36.8 Å². The highest BCUT2D eigenvalue weighted by Gasteiger charge is 2.43. The molecule has 1 aliphatic rings. The van der Waals surface area contributed by atoms with Crippen LogP contribution in [-0.4, -0.2) is 43.4 Å². The standard InChI is InChI=1S/C9H11Br2N3O4/c10-3-1-14(9(17)13-7(3)12)8-5(11)6(16)4(2-15)18-8/h1,4-6,8,15-16H,2H2,(H2,12,13,17). The molecule has 100 valence electrons. The Bertz CT molecular complexity index is 509. The summed E-state index contributed by atoms with van der Waals surface area (Å²) in [6, 6.07) is 0. The number of alkyl halides is 1. The van der Waals surface area contributed by atoms with Gasteiger partial charge in [0.15, 0.2) is 6.23 Å². The van der Waals surface area contributed by atoms with Crippen molar-refractivity contribution in [2.75, 3.05) is 12.3 Å². The SMILES string of the molecule is Nc1nc(=O)n(C2OC(CO)C(O)C2Br)cc1Br. The molecule has 0 aromatic carbocycles. The number of anilines is 1. The Balaban J connectivity index is 2.39. The normalized spacial score (nSPS) is 31.8. The maximum atomic E-state index is 11.7. The van der Waals surface area contributed by atoms with Gasteiger partial charge in [0.1, 0.15) is 11.9 Å². The molecule has 2 rings (SSSR count). The van der Waals surface area contributed by atoms with Crippen molar-refractivity contribution in [1.29, 1.82) is 0 Å². The van der Waals surface area contributed by atoms with Crippen molar-refractivity contribution in [1.82, 2.24) is 9.55 Å². The zero-order chi connectivity index (χ0) is 13.4. The minimum atomic E-state index is -0.914. The second-order valence-electron chi connectivity index (χ2n) is 3.85. The van der Waals surface area contributed by atoms with Gasteiger partial charge in [-0.15, -0.1) is 0 Å². The molecule has 1 saturated heterocycles. The smallest absolute Gasteiger partial charge is 0.351 e.